The third kappa shape index (κ3) is 4.52. The Bertz CT molecular complexity index is 1380. The number of rotatable bonds is 8. The molecule has 1 aromatic carbocycles. The van der Waals surface area contributed by atoms with Gasteiger partial charge < -0.3 is 30.5 Å². The lowest BCUT2D eigenvalue weighted by Crippen LogP contribution is -2.53. The largest absolute Gasteiger partial charge is 0.479 e. The minimum Gasteiger partial charge on any atom is -0.479 e. The number of hydrogen-bond donors (Lipinski definition) is 4. The summed E-state index contributed by atoms with van der Waals surface area (Å²) in [5, 5.41) is 29.3. The smallest absolute Gasteiger partial charge is 0.348 e. The number of aliphatic hydroxyl groups is 1. The van der Waals surface area contributed by atoms with Crippen LogP contribution in [0.4, 0.5) is 23.4 Å². The molecule has 12 nitrogen and oxygen atoms in total. The Morgan fingerprint density at radius 3 is 2.51 bits per heavy atom. The predicted octanol–water partition coefficient (Wildman–Crippen LogP) is 1.24. The number of ether oxygens (including phenoxy) is 2. The maximum absolute atomic E-state index is 15.0. The van der Waals surface area contributed by atoms with Crippen molar-refractivity contribution in [2.45, 2.75) is 36.6 Å². The van der Waals surface area contributed by atoms with Gasteiger partial charge in [-0.1, -0.05) is 6.07 Å². The Balaban J connectivity index is 1.60. The van der Waals surface area contributed by atoms with E-state index in [0.29, 0.717) is 12.1 Å². The number of halogens is 5. The number of carboxylic acid groups (broad SMARTS) is 2. The third-order valence-corrected chi connectivity index (χ3v) is 5.90. The Morgan fingerprint density at radius 1 is 1.19 bits per heavy atom. The Hall–Kier alpha value is -3.60. The number of aliphatic carboxylic acids is 2. The molecule has 37 heavy (non-hydrogen) atoms. The van der Waals surface area contributed by atoms with E-state index in [9.17, 15) is 42.5 Å². The molecule has 0 aliphatic carbocycles. The van der Waals surface area contributed by atoms with Crippen molar-refractivity contribution in [1.29, 1.82) is 0 Å². The number of hydrogen-bond acceptors (Lipinski definition) is 9. The molecule has 1 aliphatic heterocycles. The lowest BCUT2D eigenvalue weighted by atomic mass is 9.93. The van der Waals surface area contributed by atoms with Crippen LogP contribution in [0.15, 0.2) is 18.5 Å². The minimum absolute atomic E-state index is 0.0405. The fraction of sp³-hybridized carbons (Fsp3) is 0.350. The molecule has 3 heterocycles. The summed E-state index contributed by atoms with van der Waals surface area (Å²) in [4.78, 5) is 35.4. The van der Waals surface area contributed by atoms with Crippen LogP contribution in [0, 0.1) is 17.5 Å². The lowest BCUT2D eigenvalue weighted by Gasteiger charge is -2.27. The maximum Gasteiger partial charge on any atom is 0.348 e. The van der Waals surface area contributed by atoms with Crippen LogP contribution in [0.5, 0.6) is 0 Å². The molecule has 2 aromatic heterocycles. The summed E-state index contributed by atoms with van der Waals surface area (Å²) in [6.45, 7) is -1.02. The lowest BCUT2D eigenvalue weighted by molar-refractivity contribution is -0.190. The molecule has 5 N–H and O–H groups in total. The number of fused-ring (bicyclic) bond motifs is 1. The van der Waals surface area contributed by atoms with E-state index < -0.39 is 78.2 Å². The molecule has 0 amide bonds. The number of alkyl halides is 1. The van der Waals surface area contributed by atoms with Gasteiger partial charge in [0.15, 0.2) is 41.3 Å². The Morgan fingerprint density at radius 2 is 1.86 bits per heavy atom. The fourth-order valence-electron chi connectivity index (χ4n) is 3.77. The number of anilines is 1. The zero-order chi connectivity index (χ0) is 27.2. The Labute approximate surface area is 208 Å². The van der Waals surface area contributed by atoms with E-state index in [1.807, 2.05) is 0 Å². The number of aliphatic hydroxyl groups excluding tert-OH is 1. The summed E-state index contributed by atoms with van der Waals surface area (Å²) in [5.74, 6) is -9.74. The van der Waals surface area contributed by atoms with Gasteiger partial charge in [-0.2, -0.15) is 9.97 Å². The van der Waals surface area contributed by atoms with Crippen molar-refractivity contribution in [3.05, 3.63) is 46.8 Å². The molecule has 4 atom stereocenters. The number of aromatic nitrogens is 4. The van der Waals surface area contributed by atoms with Crippen LogP contribution in [0.3, 0.4) is 0 Å². The number of nitrogen functional groups attached to an aromatic ring is 1. The number of carbonyl (C=O) groups is 2. The highest BCUT2D eigenvalue weighted by molar-refractivity contribution is 6.28. The molecule has 0 spiro atoms. The fourth-order valence-corrected chi connectivity index (χ4v) is 3.95. The normalized spacial score (nSPS) is 22.0. The zero-order valence-corrected chi connectivity index (χ0v) is 18.9. The molecule has 1 aliphatic rings. The summed E-state index contributed by atoms with van der Waals surface area (Å²) in [5.41, 5.74) is 1.62. The van der Waals surface area contributed by atoms with Crippen LogP contribution >= 0.6 is 11.6 Å². The van der Waals surface area contributed by atoms with Crippen LogP contribution in [0.25, 0.3) is 11.2 Å². The van der Waals surface area contributed by atoms with Crippen molar-refractivity contribution in [3.63, 3.8) is 0 Å². The standard InChI is InChI=1S/C20H16ClF4N5O7/c21-19-28-14(26)12-15(29-19)30(5-27-12)16-11(25)13(31)8(37-16)4-36-20(17(32)33,18(34)35)3-6-1-2-7(22)10(24)9(6)23/h1-2,5,8,11,13,16,31H,3-4H2,(H,32,33)(H,34,35)(H2,26,28,29)/t8-,11+,13-,16-/m1/s1. The first kappa shape index (κ1) is 26.5. The van der Waals surface area contributed by atoms with E-state index in [0.717, 1.165) is 10.9 Å². The number of nitrogens with two attached hydrogens (primary N) is 1. The maximum atomic E-state index is 15.0. The summed E-state index contributed by atoms with van der Waals surface area (Å²) in [6, 6.07) is 1.12. The van der Waals surface area contributed by atoms with Gasteiger partial charge in [0.25, 0.3) is 5.60 Å². The molecule has 3 aromatic rings. The van der Waals surface area contributed by atoms with Gasteiger partial charge in [0, 0.05) is 6.42 Å². The van der Waals surface area contributed by atoms with E-state index >= 15 is 0 Å². The van der Waals surface area contributed by atoms with E-state index in [-0.39, 0.29) is 22.3 Å². The van der Waals surface area contributed by atoms with Gasteiger partial charge in [-0.25, -0.2) is 32.1 Å². The van der Waals surface area contributed by atoms with Crippen molar-refractivity contribution < 1.29 is 51.9 Å². The molecular weight excluding hydrogens is 534 g/mol. The van der Waals surface area contributed by atoms with Crippen molar-refractivity contribution in [3.8, 4) is 0 Å². The van der Waals surface area contributed by atoms with Crippen LogP contribution in [0.1, 0.15) is 11.8 Å². The van der Waals surface area contributed by atoms with E-state index in [2.05, 4.69) is 15.0 Å². The second-order valence-electron chi connectivity index (χ2n) is 7.96. The Kier molecular flexibility index (Phi) is 6.93. The van der Waals surface area contributed by atoms with Crippen molar-refractivity contribution in [2.75, 3.05) is 12.3 Å². The summed E-state index contributed by atoms with van der Waals surface area (Å²) in [7, 11) is 0. The highest BCUT2D eigenvalue weighted by atomic mass is 35.5. The predicted molar refractivity (Wildman–Crippen MR) is 114 cm³/mol. The SMILES string of the molecule is Nc1nc(Cl)nc2c1ncn2[C@@H]1O[C@H](COC(Cc2ccc(F)c(F)c2F)(C(=O)O)C(=O)O)[C@@H](O)[C@@H]1F. The molecule has 0 unspecified atom stereocenters. The van der Waals surface area contributed by atoms with Crippen LogP contribution in [0.2, 0.25) is 5.28 Å². The molecule has 1 fully saturated rings. The van der Waals surface area contributed by atoms with Gasteiger partial charge in [0.2, 0.25) is 5.28 Å². The van der Waals surface area contributed by atoms with Gasteiger partial charge in [0.1, 0.15) is 17.7 Å². The van der Waals surface area contributed by atoms with E-state index in [4.69, 9.17) is 26.8 Å². The number of benzene rings is 1. The highest BCUT2D eigenvalue weighted by Crippen LogP contribution is 2.35. The van der Waals surface area contributed by atoms with Gasteiger partial charge in [-0.05, 0) is 23.2 Å². The van der Waals surface area contributed by atoms with Crippen molar-refractivity contribution in [2.24, 2.45) is 0 Å². The summed E-state index contributed by atoms with van der Waals surface area (Å²) < 4.78 is 67.5. The van der Waals surface area contributed by atoms with Gasteiger partial charge in [-0.3, -0.25) is 4.57 Å². The molecule has 1 saturated heterocycles. The third-order valence-electron chi connectivity index (χ3n) is 5.73. The zero-order valence-electron chi connectivity index (χ0n) is 18.2. The van der Waals surface area contributed by atoms with E-state index in [1.54, 1.807) is 0 Å². The van der Waals surface area contributed by atoms with Crippen LogP contribution in [-0.2, 0) is 25.5 Å². The summed E-state index contributed by atoms with van der Waals surface area (Å²) in [6.07, 6.45) is -7.59. The minimum atomic E-state index is -3.24. The molecular formula is C20H16ClF4N5O7. The van der Waals surface area contributed by atoms with Crippen molar-refractivity contribution >= 4 is 40.5 Å². The second kappa shape index (κ2) is 9.70. The van der Waals surface area contributed by atoms with Gasteiger partial charge >= 0.3 is 11.9 Å². The molecule has 4 rings (SSSR count). The second-order valence-corrected chi connectivity index (χ2v) is 8.30. The van der Waals surface area contributed by atoms with Crippen molar-refractivity contribution in [1.82, 2.24) is 19.5 Å². The number of imidazole rings is 1. The average Bonchev–Trinajstić information content (AvgIpc) is 3.37. The van der Waals surface area contributed by atoms with Gasteiger partial charge in [-0.15, -0.1) is 0 Å². The topological polar surface area (TPSA) is 183 Å². The molecule has 17 heteroatoms. The summed E-state index contributed by atoms with van der Waals surface area (Å²) >= 11 is 5.78. The molecule has 0 saturated carbocycles. The quantitative estimate of drug-likeness (QED) is 0.137. The number of carboxylic acids is 2. The molecule has 198 valence electrons. The first-order valence-electron chi connectivity index (χ1n) is 10.2. The molecule has 0 bridgehead atoms. The highest BCUT2D eigenvalue weighted by Gasteiger charge is 2.52. The van der Waals surface area contributed by atoms with Crippen LogP contribution in [-0.4, -0.2) is 77.4 Å². The average molecular weight is 550 g/mol. The molecule has 0 radical (unpaired) electrons. The number of nitrogens with zero attached hydrogens (tertiary/aromatic N) is 4. The monoisotopic (exact) mass is 549 g/mol. The van der Waals surface area contributed by atoms with Crippen LogP contribution < -0.4 is 5.73 Å². The first-order chi connectivity index (χ1) is 17.4. The van der Waals surface area contributed by atoms with E-state index in [1.165, 1.54) is 0 Å². The first-order valence-corrected chi connectivity index (χ1v) is 10.6. The van der Waals surface area contributed by atoms with Gasteiger partial charge in [0.05, 0.1) is 12.9 Å².